The predicted molar refractivity (Wildman–Crippen MR) is 157 cm³/mol. The SMILES string of the molecule is COc1ccc2c3c1O[C@H]1[C@H](N(C(=O)CCCCC4CCCCC4)C(C)C)CC[C@H]4[C@@H](C2)N(CC(C)=O)CC[C@@]341. The second-order valence-corrected chi connectivity index (χ2v) is 13.8. The van der Waals surface area contributed by atoms with Gasteiger partial charge in [0.05, 0.1) is 19.7 Å². The van der Waals surface area contributed by atoms with Gasteiger partial charge in [-0.1, -0.05) is 51.0 Å². The largest absolute Gasteiger partial charge is 0.493 e. The number of Topliss-reactive ketones (excluding diaryl/α,β-unsaturated/α-hetero) is 1. The molecule has 3 aliphatic carbocycles. The van der Waals surface area contributed by atoms with Crippen LogP contribution in [0.25, 0.3) is 0 Å². The molecule has 3 fully saturated rings. The molecule has 1 aromatic carbocycles. The number of ketones is 1. The molecule has 2 heterocycles. The van der Waals surface area contributed by atoms with Crippen molar-refractivity contribution in [2.75, 3.05) is 20.2 Å². The van der Waals surface area contributed by atoms with E-state index in [0.29, 0.717) is 30.8 Å². The molecule has 1 amide bonds. The molecule has 220 valence electrons. The Kier molecular flexibility index (Phi) is 7.93. The van der Waals surface area contributed by atoms with Crippen LogP contribution < -0.4 is 9.47 Å². The van der Waals surface area contributed by atoms with Gasteiger partial charge in [-0.05, 0) is 82.9 Å². The highest BCUT2D eigenvalue weighted by Crippen LogP contribution is 2.64. The molecule has 0 radical (unpaired) electrons. The van der Waals surface area contributed by atoms with E-state index in [0.717, 1.165) is 56.1 Å². The second kappa shape index (κ2) is 11.3. The number of piperidine rings is 1. The summed E-state index contributed by atoms with van der Waals surface area (Å²) in [5.74, 6) is 3.58. The smallest absolute Gasteiger partial charge is 0.223 e. The fraction of sp³-hybridized carbons (Fsp3) is 0.765. The van der Waals surface area contributed by atoms with E-state index in [4.69, 9.17) is 9.47 Å². The minimum Gasteiger partial charge on any atom is -0.493 e. The van der Waals surface area contributed by atoms with Crippen molar-refractivity contribution in [1.29, 1.82) is 0 Å². The number of carbonyl (C=O) groups is 2. The summed E-state index contributed by atoms with van der Waals surface area (Å²) in [5, 5.41) is 0. The first-order valence-corrected chi connectivity index (χ1v) is 16.3. The van der Waals surface area contributed by atoms with Gasteiger partial charge in [-0.15, -0.1) is 0 Å². The number of benzene rings is 1. The molecule has 5 aliphatic rings. The standard InChI is InChI=1S/C34H50N2O4/c1-22(2)36(30(38)13-9-8-12-24-10-6-5-7-11-24)27-16-15-26-28-20-25-14-17-29(39-4)32-31(25)34(26,33(27)40-32)18-19-35(28)21-23(3)37/h14,17,22,24,26-28,33H,5-13,15-16,18-21H2,1-4H3/t26-,27+,28+,33-,34-/m0/s1. The molecular weight excluding hydrogens is 500 g/mol. The van der Waals surface area contributed by atoms with Gasteiger partial charge in [0.25, 0.3) is 0 Å². The van der Waals surface area contributed by atoms with Crippen molar-refractivity contribution in [2.24, 2.45) is 11.8 Å². The molecule has 0 unspecified atom stereocenters. The molecule has 0 aromatic heterocycles. The van der Waals surface area contributed by atoms with Crippen molar-refractivity contribution < 1.29 is 19.1 Å². The average molecular weight is 551 g/mol. The second-order valence-electron chi connectivity index (χ2n) is 13.8. The minimum absolute atomic E-state index is 0.0603. The zero-order chi connectivity index (χ0) is 28.0. The first-order valence-electron chi connectivity index (χ1n) is 16.3. The van der Waals surface area contributed by atoms with Gasteiger partial charge in [-0.3, -0.25) is 14.5 Å². The Morgan fingerprint density at radius 3 is 2.65 bits per heavy atom. The highest BCUT2D eigenvalue weighted by atomic mass is 16.5. The van der Waals surface area contributed by atoms with E-state index in [-0.39, 0.29) is 29.4 Å². The lowest BCUT2D eigenvalue weighted by atomic mass is 9.51. The molecule has 2 bridgehead atoms. The molecular formula is C34H50N2O4. The minimum atomic E-state index is -0.118. The number of likely N-dealkylation sites (tertiary alicyclic amines) is 1. The fourth-order valence-corrected chi connectivity index (χ4v) is 9.69. The van der Waals surface area contributed by atoms with Crippen LogP contribution in [-0.4, -0.2) is 65.9 Å². The highest BCUT2D eigenvalue weighted by Gasteiger charge is 2.66. The van der Waals surface area contributed by atoms with E-state index in [1.54, 1.807) is 14.0 Å². The lowest BCUT2D eigenvalue weighted by Crippen LogP contribution is -2.70. The Hall–Kier alpha value is -2.08. The van der Waals surface area contributed by atoms with Crippen molar-refractivity contribution in [2.45, 2.75) is 134 Å². The molecule has 6 heteroatoms. The number of hydrogen-bond donors (Lipinski definition) is 0. The summed E-state index contributed by atoms with van der Waals surface area (Å²) in [6, 6.07) is 4.83. The third kappa shape index (κ3) is 4.66. The van der Waals surface area contributed by atoms with Crippen LogP contribution in [0.1, 0.15) is 109 Å². The molecule has 0 N–H and O–H groups in total. The number of rotatable bonds is 10. The maximum Gasteiger partial charge on any atom is 0.223 e. The Balaban J connectivity index is 1.26. The number of methoxy groups -OCH3 is 1. The number of amides is 1. The third-order valence-electron chi connectivity index (χ3n) is 11.2. The molecule has 1 saturated heterocycles. The summed E-state index contributed by atoms with van der Waals surface area (Å²) in [7, 11) is 1.73. The molecule has 6 nitrogen and oxygen atoms in total. The zero-order valence-corrected chi connectivity index (χ0v) is 25.3. The molecule has 1 spiro atoms. The van der Waals surface area contributed by atoms with Gasteiger partial charge in [0.2, 0.25) is 5.91 Å². The van der Waals surface area contributed by atoms with Crippen LogP contribution >= 0.6 is 0 Å². The lowest BCUT2D eigenvalue weighted by molar-refractivity contribution is -0.146. The normalized spacial score (nSPS) is 31.0. The number of nitrogens with zero attached hydrogens (tertiary/aromatic N) is 2. The van der Waals surface area contributed by atoms with Crippen LogP contribution in [0, 0.1) is 11.8 Å². The summed E-state index contributed by atoms with van der Waals surface area (Å²) < 4.78 is 12.8. The molecule has 2 aliphatic heterocycles. The van der Waals surface area contributed by atoms with Gasteiger partial charge in [0, 0.05) is 29.5 Å². The van der Waals surface area contributed by atoms with E-state index in [1.165, 1.54) is 56.1 Å². The van der Waals surface area contributed by atoms with Gasteiger partial charge in [0.1, 0.15) is 11.9 Å². The van der Waals surface area contributed by atoms with Gasteiger partial charge < -0.3 is 14.4 Å². The summed E-state index contributed by atoms with van der Waals surface area (Å²) in [6.07, 6.45) is 14.9. The number of carbonyl (C=O) groups excluding carboxylic acids is 2. The van der Waals surface area contributed by atoms with Gasteiger partial charge in [-0.25, -0.2) is 0 Å². The van der Waals surface area contributed by atoms with Gasteiger partial charge in [-0.2, -0.15) is 0 Å². The van der Waals surface area contributed by atoms with Crippen LogP contribution in [0.5, 0.6) is 11.5 Å². The van der Waals surface area contributed by atoms with Gasteiger partial charge in [0.15, 0.2) is 11.5 Å². The Morgan fingerprint density at radius 1 is 1.12 bits per heavy atom. The zero-order valence-electron chi connectivity index (χ0n) is 25.3. The number of ether oxygens (including phenoxy) is 2. The Labute approximate surface area is 241 Å². The monoisotopic (exact) mass is 550 g/mol. The Bertz CT molecular complexity index is 1110. The first-order chi connectivity index (χ1) is 19.3. The molecule has 5 atom stereocenters. The summed E-state index contributed by atoms with van der Waals surface area (Å²) >= 11 is 0. The van der Waals surface area contributed by atoms with Crippen LogP contribution in [0.3, 0.4) is 0 Å². The van der Waals surface area contributed by atoms with Crippen molar-refractivity contribution in [3.8, 4) is 11.5 Å². The first kappa shape index (κ1) is 28.1. The van der Waals surface area contributed by atoms with Crippen LogP contribution in [0.4, 0.5) is 0 Å². The van der Waals surface area contributed by atoms with E-state index in [2.05, 4.69) is 35.8 Å². The summed E-state index contributed by atoms with van der Waals surface area (Å²) in [5.41, 5.74) is 2.58. The Morgan fingerprint density at radius 2 is 1.93 bits per heavy atom. The van der Waals surface area contributed by atoms with E-state index in [1.807, 2.05) is 0 Å². The van der Waals surface area contributed by atoms with E-state index < -0.39 is 0 Å². The average Bonchev–Trinajstić information content (AvgIpc) is 3.28. The van der Waals surface area contributed by atoms with Gasteiger partial charge >= 0.3 is 0 Å². The molecule has 40 heavy (non-hydrogen) atoms. The summed E-state index contributed by atoms with van der Waals surface area (Å²) in [4.78, 5) is 30.8. The number of unbranched alkanes of at least 4 members (excludes halogenated alkanes) is 1. The quantitative estimate of drug-likeness (QED) is 0.331. The van der Waals surface area contributed by atoms with Crippen LogP contribution in [0.15, 0.2) is 12.1 Å². The highest BCUT2D eigenvalue weighted by molar-refractivity contribution is 5.78. The van der Waals surface area contributed by atoms with Crippen molar-refractivity contribution in [3.63, 3.8) is 0 Å². The van der Waals surface area contributed by atoms with Crippen molar-refractivity contribution in [1.82, 2.24) is 9.80 Å². The van der Waals surface area contributed by atoms with E-state index in [9.17, 15) is 9.59 Å². The fourth-order valence-electron chi connectivity index (χ4n) is 9.69. The maximum atomic E-state index is 13.9. The summed E-state index contributed by atoms with van der Waals surface area (Å²) in [6.45, 7) is 7.50. The van der Waals surface area contributed by atoms with Crippen LogP contribution in [-0.2, 0) is 21.4 Å². The number of hydrogen-bond acceptors (Lipinski definition) is 5. The van der Waals surface area contributed by atoms with Crippen molar-refractivity contribution >= 4 is 11.7 Å². The third-order valence-corrected chi connectivity index (χ3v) is 11.2. The van der Waals surface area contributed by atoms with E-state index >= 15 is 0 Å². The molecule has 1 aromatic rings. The van der Waals surface area contributed by atoms with Crippen molar-refractivity contribution in [3.05, 3.63) is 23.3 Å². The predicted octanol–water partition coefficient (Wildman–Crippen LogP) is 6.07. The molecule has 2 saturated carbocycles. The maximum absolute atomic E-state index is 13.9. The molecule has 6 rings (SSSR count). The lowest BCUT2D eigenvalue weighted by Gasteiger charge is -2.60. The van der Waals surface area contributed by atoms with Crippen LogP contribution in [0.2, 0.25) is 0 Å². The topological polar surface area (TPSA) is 59.1 Å².